The predicted octanol–water partition coefficient (Wildman–Crippen LogP) is -0.481. The van der Waals surface area contributed by atoms with Gasteiger partial charge in [-0.1, -0.05) is 19.5 Å². The van der Waals surface area contributed by atoms with Crippen LogP contribution in [-0.4, -0.2) is 4.98 Å². The molecule has 0 aliphatic rings. The molecule has 0 spiro atoms. The summed E-state index contributed by atoms with van der Waals surface area (Å²) in [4.78, 5) is 3.43. The zero-order valence-corrected chi connectivity index (χ0v) is 11.5. The first-order chi connectivity index (χ1) is 4.41. The molecule has 0 aromatic carbocycles. The second-order valence-electron chi connectivity index (χ2n) is 1.48. The Bertz CT molecular complexity index is 98.9. The van der Waals surface area contributed by atoms with E-state index >= 15 is 0 Å². The Morgan fingerprint density at radius 1 is 1.58 bits per heavy atom. The molecule has 0 atom stereocenters. The smallest absolute Gasteiger partial charge is 0.581 e. The number of halogens is 1. The Kier molecular flexibility index (Phi) is 43.3. The van der Waals surface area contributed by atoms with Gasteiger partial charge in [-0.05, 0) is 6.26 Å². The van der Waals surface area contributed by atoms with Crippen molar-refractivity contribution in [3.8, 4) is 0 Å². The fourth-order valence-electron chi connectivity index (χ4n) is 0.152. The molecule has 0 amide bonds. The summed E-state index contributed by atoms with van der Waals surface area (Å²) < 4.78 is 4.35. The van der Waals surface area contributed by atoms with E-state index in [1.807, 2.05) is 0 Å². The maximum atomic E-state index is 4.35. The van der Waals surface area contributed by atoms with Gasteiger partial charge in [-0.3, -0.25) is 0 Å². The Labute approximate surface area is 105 Å². The number of nitrogens with zero attached hydrogens (tertiary/aromatic N) is 1. The SMILES string of the molecule is Cl.[CH2-]CCC.[Li+].[Zn].[c-]1ncco1. The molecule has 0 unspecified atom stereocenters. The van der Waals surface area contributed by atoms with Crippen molar-refractivity contribution in [2.45, 2.75) is 19.8 Å². The summed E-state index contributed by atoms with van der Waals surface area (Å²) in [5.41, 5.74) is 0. The minimum absolute atomic E-state index is 0. The van der Waals surface area contributed by atoms with Gasteiger partial charge in [-0.15, -0.1) is 12.4 Å². The normalized spacial score (nSPS) is 5.83. The van der Waals surface area contributed by atoms with E-state index in [-0.39, 0.29) is 50.7 Å². The minimum Gasteiger partial charge on any atom is -0.581 e. The van der Waals surface area contributed by atoms with Crippen molar-refractivity contribution in [1.29, 1.82) is 0 Å². The van der Waals surface area contributed by atoms with Crippen molar-refractivity contribution in [3.63, 3.8) is 0 Å². The monoisotopic (exact) mass is 232 g/mol. The molecular formula is C7H12ClLiNOZn-. The van der Waals surface area contributed by atoms with E-state index in [4.69, 9.17) is 0 Å². The zero-order valence-electron chi connectivity index (χ0n) is 7.75. The summed E-state index contributed by atoms with van der Waals surface area (Å²) in [6.45, 7) is 5.72. The quantitative estimate of drug-likeness (QED) is 0.484. The molecule has 0 saturated heterocycles. The molecule has 1 aromatic heterocycles. The molecular weight excluding hydrogens is 222 g/mol. The standard InChI is InChI=1S/C4H9.C3H2NO.ClH.Li.Zn/c1-3-4-2;1-2-5-3-4-1;;;/h1,3-4H2,2H3;1-2H;1H;;/q2*-1;;+1;. The van der Waals surface area contributed by atoms with Crippen molar-refractivity contribution in [2.75, 3.05) is 0 Å². The molecule has 0 aliphatic carbocycles. The third-order valence-corrected chi connectivity index (χ3v) is 0.662. The van der Waals surface area contributed by atoms with Crippen molar-refractivity contribution >= 4 is 12.4 Å². The van der Waals surface area contributed by atoms with Crippen molar-refractivity contribution < 1.29 is 42.8 Å². The summed E-state index contributed by atoms with van der Waals surface area (Å²) in [6.07, 6.45) is 7.50. The fraction of sp³-hybridized carbons (Fsp3) is 0.429. The average molecular weight is 234 g/mol. The van der Waals surface area contributed by atoms with E-state index < -0.39 is 0 Å². The van der Waals surface area contributed by atoms with Crippen LogP contribution in [0.3, 0.4) is 0 Å². The van der Waals surface area contributed by atoms with Crippen molar-refractivity contribution in [3.05, 3.63) is 25.8 Å². The Morgan fingerprint density at radius 3 is 2.17 bits per heavy atom. The van der Waals surface area contributed by atoms with Gasteiger partial charge >= 0.3 is 18.9 Å². The summed E-state index contributed by atoms with van der Waals surface area (Å²) in [5, 5.41) is 0. The van der Waals surface area contributed by atoms with Gasteiger partial charge in [0.15, 0.2) is 0 Å². The number of aromatic nitrogens is 1. The van der Waals surface area contributed by atoms with Crippen LogP contribution in [-0.2, 0) is 19.5 Å². The molecule has 5 heteroatoms. The van der Waals surface area contributed by atoms with Gasteiger partial charge in [0.25, 0.3) is 0 Å². The average Bonchev–Trinajstić information content (AvgIpc) is 2.43. The van der Waals surface area contributed by atoms with Gasteiger partial charge in [0.1, 0.15) is 6.39 Å². The molecule has 62 valence electrons. The van der Waals surface area contributed by atoms with Gasteiger partial charge in [0.2, 0.25) is 0 Å². The van der Waals surface area contributed by atoms with Gasteiger partial charge in [-0.2, -0.15) is 6.42 Å². The van der Waals surface area contributed by atoms with Gasteiger partial charge < -0.3 is 16.3 Å². The Hall–Kier alpha value is 0.721. The molecule has 0 radical (unpaired) electrons. The molecule has 0 aliphatic heterocycles. The second kappa shape index (κ2) is 22.6. The van der Waals surface area contributed by atoms with Crippen LogP contribution >= 0.6 is 12.4 Å². The Balaban J connectivity index is -0.0000000436. The fourth-order valence-corrected chi connectivity index (χ4v) is 0.152. The first-order valence-electron chi connectivity index (χ1n) is 2.96. The molecule has 12 heavy (non-hydrogen) atoms. The summed E-state index contributed by atoms with van der Waals surface area (Å²) in [6, 6.07) is 0. The van der Waals surface area contributed by atoms with Crippen LogP contribution in [0, 0.1) is 13.3 Å². The largest absolute Gasteiger partial charge is 1.00 e. The molecule has 0 bridgehead atoms. The number of oxazole rings is 1. The minimum atomic E-state index is 0. The first kappa shape index (κ1) is 23.0. The second-order valence-corrected chi connectivity index (χ2v) is 1.48. The first-order valence-corrected chi connectivity index (χ1v) is 2.96. The molecule has 1 aromatic rings. The third-order valence-electron chi connectivity index (χ3n) is 0.662. The Morgan fingerprint density at radius 2 is 2.08 bits per heavy atom. The number of hydrogen-bond donors (Lipinski definition) is 0. The van der Waals surface area contributed by atoms with Crippen LogP contribution in [0.1, 0.15) is 19.8 Å². The van der Waals surface area contributed by atoms with E-state index in [2.05, 4.69) is 29.6 Å². The van der Waals surface area contributed by atoms with E-state index in [1.165, 1.54) is 18.9 Å². The molecule has 0 saturated carbocycles. The summed E-state index contributed by atoms with van der Waals surface area (Å²) >= 11 is 0. The van der Waals surface area contributed by atoms with Crippen LogP contribution in [0.4, 0.5) is 0 Å². The van der Waals surface area contributed by atoms with E-state index in [0.717, 1.165) is 6.42 Å². The maximum Gasteiger partial charge on any atom is 1.00 e. The van der Waals surface area contributed by atoms with Crippen molar-refractivity contribution in [2.24, 2.45) is 0 Å². The number of rotatable bonds is 1. The molecule has 0 N–H and O–H groups in total. The molecule has 1 heterocycles. The zero-order chi connectivity index (χ0) is 6.95. The maximum absolute atomic E-state index is 4.35. The van der Waals surface area contributed by atoms with E-state index in [9.17, 15) is 0 Å². The predicted molar refractivity (Wildman–Crippen MR) is 42.9 cm³/mol. The van der Waals surface area contributed by atoms with E-state index in [0.29, 0.717) is 0 Å². The topological polar surface area (TPSA) is 26.0 Å². The van der Waals surface area contributed by atoms with Crippen molar-refractivity contribution in [1.82, 2.24) is 4.98 Å². The number of hydrogen-bond acceptors (Lipinski definition) is 2. The summed E-state index contributed by atoms with van der Waals surface area (Å²) in [5.74, 6) is 0. The van der Waals surface area contributed by atoms with Crippen LogP contribution in [0.15, 0.2) is 16.9 Å². The molecule has 2 nitrogen and oxygen atoms in total. The summed E-state index contributed by atoms with van der Waals surface area (Å²) in [7, 11) is 0. The van der Waals surface area contributed by atoms with E-state index in [1.54, 1.807) is 0 Å². The van der Waals surface area contributed by atoms with Gasteiger partial charge in [-0.25, -0.2) is 0 Å². The van der Waals surface area contributed by atoms with Crippen LogP contribution < -0.4 is 18.9 Å². The van der Waals surface area contributed by atoms with Crippen LogP contribution in [0.5, 0.6) is 0 Å². The number of unbranched alkanes of at least 4 members (excludes halogenated alkanes) is 1. The van der Waals surface area contributed by atoms with Crippen LogP contribution in [0.25, 0.3) is 0 Å². The van der Waals surface area contributed by atoms with Gasteiger partial charge in [0.05, 0.1) is 0 Å². The molecule has 1 rings (SSSR count). The van der Waals surface area contributed by atoms with Gasteiger partial charge in [0, 0.05) is 19.5 Å². The molecule has 0 fully saturated rings. The third kappa shape index (κ3) is 22.4. The van der Waals surface area contributed by atoms with Crippen LogP contribution in [0.2, 0.25) is 0 Å².